The van der Waals surface area contributed by atoms with Crippen LogP contribution in [-0.4, -0.2) is 47.8 Å². The van der Waals surface area contributed by atoms with E-state index in [1.54, 1.807) is 0 Å². The van der Waals surface area contributed by atoms with E-state index in [-0.39, 0.29) is 12.5 Å². The summed E-state index contributed by atoms with van der Waals surface area (Å²) in [4.78, 5) is 13.4. The molecule has 4 nitrogen and oxygen atoms in total. The first-order valence-electron chi connectivity index (χ1n) is 7.36. The molecule has 1 aromatic carbocycles. The predicted octanol–water partition coefficient (Wildman–Crippen LogP) is 1.72. The van der Waals surface area contributed by atoms with Crippen LogP contribution in [0.25, 0.3) is 0 Å². The molecule has 1 N–H and O–H groups in total. The van der Waals surface area contributed by atoms with E-state index in [1.807, 2.05) is 0 Å². The van der Waals surface area contributed by atoms with Gasteiger partial charge in [-0.05, 0) is 30.4 Å². The fourth-order valence-electron chi connectivity index (χ4n) is 3.49. The molecule has 0 amide bonds. The van der Waals surface area contributed by atoms with Crippen LogP contribution in [0, 0.1) is 0 Å². The zero-order chi connectivity index (χ0) is 13.9. The van der Waals surface area contributed by atoms with Crippen molar-refractivity contribution in [2.45, 2.75) is 37.8 Å². The van der Waals surface area contributed by atoms with E-state index in [1.165, 1.54) is 11.1 Å². The Hall–Kier alpha value is -1.39. The van der Waals surface area contributed by atoms with Crippen molar-refractivity contribution in [1.29, 1.82) is 0 Å². The standard InChI is InChI=1S/C16H21NO3/c18-16(19)10-15-11-20-8-7-17(15)14-6-5-12-3-1-2-4-13(12)9-14/h1-4,14-15H,5-11H2,(H,18,19). The maximum absolute atomic E-state index is 11.0. The van der Waals surface area contributed by atoms with Crippen molar-refractivity contribution in [2.24, 2.45) is 0 Å². The number of ether oxygens (including phenoxy) is 1. The predicted molar refractivity (Wildman–Crippen MR) is 75.8 cm³/mol. The number of morpholine rings is 1. The van der Waals surface area contributed by atoms with Gasteiger partial charge in [0.2, 0.25) is 0 Å². The highest BCUT2D eigenvalue weighted by Gasteiger charge is 2.32. The van der Waals surface area contributed by atoms with E-state index in [4.69, 9.17) is 9.84 Å². The Labute approximate surface area is 119 Å². The van der Waals surface area contributed by atoms with Crippen LogP contribution in [0.15, 0.2) is 24.3 Å². The van der Waals surface area contributed by atoms with Gasteiger partial charge in [-0.1, -0.05) is 24.3 Å². The molecule has 0 aromatic heterocycles. The number of hydrogen-bond donors (Lipinski definition) is 1. The van der Waals surface area contributed by atoms with Crippen LogP contribution in [0.4, 0.5) is 0 Å². The molecule has 0 spiro atoms. The topological polar surface area (TPSA) is 49.8 Å². The van der Waals surface area contributed by atoms with Gasteiger partial charge in [0.05, 0.1) is 19.6 Å². The number of carbonyl (C=O) groups is 1. The molecule has 0 radical (unpaired) electrons. The summed E-state index contributed by atoms with van der Waals surface area (Å²) >= 11 is 0. The minimum absolute atomic E-state index is 0.0245. The Balaban J connectivity index is 1.73. The van der Waals surface area contributed by atoms with E-state index in [0.717, 1.165) is 25.8 Å². The Kier molecular flexibility index (Phi) is 4.03. The lowest BCUT2D eigenvalue weighted by Crippen LogP contribution is -2.53. The first-order valence-corrected chi connectivity index (χ1v) is 7.36. The van der Waals surface area contributed by atoms with Crippen LogP contribution >= 0.6 is 0 Å². The molecule has 20 heavy (non-hydrogen) atoms. The minimum Gasteiger partial charge on any atom is -0.481 e. The molecule has 3 rings (SSSR count). The smallest absolute Gasteiger partial charge is 0.305 e. The second kappa shape index (κ2) is 5.94. The summed E-state index contributed by atoms with van der Waals surface area (Å²) in [5, 5.41) is 9.06. The van der Waals surface area contributed by atoms with Gasteiger partial charge in [-0.15, -0.1) is 0 Å². The molecule has 2 aliphatic rings. The van der Waals surface area contributed by atoms with Gasteiger partial charge in [-0.25, -0.2) is 0 Å². The van der Waals surface area contributed by atoms with Crippen LogP contribution in [0.5, 0.6) is 0 Å². The van der Waals surface area contributed by atoms with Gasteiger partial charge in [-0.2, -0.15) is 0 Å². The molecule has 2 unspecified atom stereocenters. The second-order valence-corrected chi connectivity index (χ2v) is 5.73. The quantitative estimate of drug-likeness (QED) is 0.912. The SMILES string of the molecule is O=C(O)CC1COCCN1C1CCc2ccccc2C1. The third-order valence-electron chi connectivity index (χ3n) is 4.47. The Bertz CT molecular complexity index is 488. The van der Waals surface area contributed by atoms with Crippen molar-refractivity contribution in [3.05, 3.63) is 35.4 Å². The first-order chi connectivity index (χ1) is 9.74. The van der Waals surface area contributed by atoms with E-state index in [2.05, 4.69) is 29.2 Å². The normalized spacial score (nSPS) is 27.0. The molecular weight excluding hydrogens is 254 g/mol. The maximum Gasteiger partial charge on any atom is 0.305 e. The molecule has 1 aliphatic carbocycles. The summed E-state index contributed by atoms with van der Waals surface area (Å²) < 4.78 is 5.47. The van der Waals surface area contributed by atoms with Gasteiger partial charge in [-0.3, -0.25) is 9.69 Å². The number of rotatable bonds is 3. The van der Waals surface area contributed by atoms with E-state index in [9.17, 15) is 4.79 Å². The molecule has 1 aromatic rings. The maximum atomic E-state index is 11.0. The van der Waals surface area contributed by atoms with Crippen molar-refractivity contribution in [3.8, 4) is 0 Å². The van der Waals surface area contributed by atoms with Crippen molar-refractivity contribution in [2.75, 3.05) is 19.8 Å². The Morgan fingerprint density at radius 3 is 2.95 bits per heavy atom. The monoisotopic (exact) mass is 275 g/mol. The molecular formula is C16H21NO3. The van der Waals surface area contributed by atoms with Gasteiger partial charge in [0.25, 0.3) is 0 Å². The summed E-state index contributed by atoms with van der Waals surface area (Å²) in [7, 11) is 0. The Morgan fingerprint density at radius 2 is 2.15 bits per heavy atom. The summed E-state index contributed by atoms with van der Waals surface area (Å²) in [5.41, 5.74) is 2.87. The average Bonchev–Trinajstić information content (AvgIpc) is 2.47. The lowest BCUT2D eigenvalue weighted by molar-refractivity contribution is -0.141. The average molecular weight is 275 g/mol. The Morgan fingerprint density at radius 1 is 1.35 bits per heavy atom. The number of nitrogens with zero attached hydrogens (tertiary/aromatic N) is 1. The molecule has 1 saturated heterocycles. The zero-order valence-corrected chi connectivity index (χ0v) is 11.6. The fraction of sp³-hybridized carbons (Fsp3) is 0.562. The van der Waals surface area contributed by atoms with Gasteiger partial charge < -0.3 is 9.84 Å². The van der Waals surface area contributed by atoms with E-state index >= 15 is 0 Å². The van der Waals surface area contributed by atoms with Gasteiger partial charge in [0, 0.05) is 18.6 Å². The molecule has 108 valence electrons. The number of aliphatic carboxylic acids is 1. The van der Waals surface area contributed by atoms with Gasteiger partial charge >= 0.3 is 5.97 Å². The van der Waals surface area contributed by atoms with Crippen molar-refractivity contribution >= 4 is 5.97 Å². The summed E-state index contributed by atoms with van der Waals surface area (Å²) in [6, 6.07) is 9.08. The third-order valence-corrected chi connectivity index (χ3v) is 4.47. The first kappa shape index (κ1) is 13.6. The van der Waals surface area contributed by atoms with E-state index in [0.29, 0.717) is 19.3 Å². The van der Waals surface area contributed by atoms with Gasteiger partial charge in [0.15, 0.2) is 0 Å². The molecule has 1 aliphatic heterocycles. The second-order valence-electron chi connectivity index (χ2n) is 5.73. The number of benzene rings is 1. The summed E-state index contributed by atoms with van der Waals surface area (Å²) in [6.07, 6.45) is 3.43. The van der Waals surface area contributed by atoms with Crippen LogP contribution in [0.1, 0.15) is 24.0 Å². The number of aryl methyl sites for hydroxylation is 1. The number of fused-ring (bicyclic) bond motifs is 1. The molecule has 0 bridgehead atoms. The lowest BCUT2D eigenvalue weighted by Gasteiger charge is -2.42. The summed E-state index contributed by atoms with van der Waals surface area (Å²) in [5.74, 6) is -0.735. The fourth-order valence-corrected chi connectivity index (χ4v) is 3.49. The lowest BCUT2D eigenvalue weighted by atomic mass is 9.86. The van der Waals surface area contributed by atoms with Crippen molar-refractivity contribution in [1.82, 2.24) is 4.90 Å². The highest BCUT2D eigenvalue weighted by molar-refractivity contribution is 5.67. The third kappa shape index (κ3) is 2.86. The van der Waals surface area contributed by atoms with Crippen LogP contribution < -0.4 is 0 Å². The van der Waals surface area contributed by atoms with E-state index < -0.39 is 5.97 Å². The number of hydrogen-bond acceptors (Lipinski definition) is 3. The van der Waals surface area contributed by atoms with Crippen LogP contribution in [0.2, 0.25) is 0 Å². The number of carboxylic acid groups (broad SMARTS) is 1. The highest BCUT2D eigenvalue weighted by atomic mass is 16.5. The molecule has 1 heterocycles. The number of carboxylic acids is 1. The molecule has 1 fully saturated rings. The zero-order valence-electron chi connectivity index (χ0n) is 11.6. The van der Waals surface area contributed by atoms with Gasteiger partial charge in [0.1, 0.15) is 0 Å². The van der Waals surface area contributed by atoms with Crippen molar-refractivity contribution < 1.29 is 14.6 Å². The van der Waals surface area contributed by atoms with Crippen molar-refractivity contribution in [3.63, 3.8) is 0 Å². The highest BCUT2D eigenvalue weighted by Crippen LogP contribution is 2.27. The minimum atomic E-state index is -0.735. The molecule has 4 heteroatoms. The molecule has 2 atom stereocenters. The molecule has 0 saturated carbocycles. The van der Waals surface area contributed by atoms with Crippen LogP contribution in [0.3, 0.4) is 0 Å². The summed E-state index contributed by atoms with van der Waals surface area (Å²) in [6.45, 7) is 2.11. The van der Waals surface area contributed by atoms with Crippen LogP contribution in [-0.2, 0) is 22.4 Å². The largest absolute Gasteiger partial charge is 0.481 e.